The number of aryl methyl sites for hydroxylation is 1. The van der Waals surface area contributed by atoms with Crippen molar-refractivity contribution < 1.29 is 32.2 Å². The summed E-state index contributed by atoms with van der Waals surface area (Å²) in [6.07, 6.45) is 0.854. The van der Waals surface area contributed by atoms with Crippen molar-refractivity contribution in [3.63, 3.8) is 0 Å². The van der Waals surface area contributed by atoms with Gasteiger partial charge in [0.25, 0.3) is 0 Å². The van der Waals surface area contributed by atoms with E-state index in [1.54, 1.807) is 47.5 Å². The molecule has 1 saturated heterocycles. The second kappa shape index (κ2) is 15.6. The first-order valence-electron chi connectivity index (χ1n) is 14.9. The van der Waals surface area contributed by atoms with Crippen molar-refractivity contribution in [3.05, 3.63) is 117 Å². The van der Waals surface area contributed by atoms with Crippen LogP contribution in [0.25, 0.3) is 6.08 Å². The SMILES string of the molecule is Cc1cc(/C=C/C(=O)N2CCN(Cc3ccc(OC(F)(F)F)cc3)CC2)cc(Cl)c1Oc1ccc(OCCc2ccc(Cl)cc2)cn1. The summed E-state index contributed by atoms with van der Waals surface area (Å²) in [5.41, 5.74) is 3.52. The predicted octanol–water partition coefficient (Wildman–Crippen LogP) is 8.37. The molecule has 0 bridgehead atoms. The molecular weight excluding hydrogens is 654 g/mol. The van der Waals surface area contributed by atoms with Crippen LogP contribution < -0.4 is 14.2 Å². The van der Waals surface area contributed by atoms with E-state index in [1.807, 2.05) is 37.3 Å². The zero-order valence-corrected chi connectivity index (χ0v) is 27.0. The largest absolute Gasteiger partial charge is 0.573 e. The zero-order valence-electron chi connectivity index (χ0n) is 25.5. The number of carbonyl (C=O) groups is 1. The van der Waals surface area contributed by atoms with Gasteiger partial charge in [0.15, 0.2) is 5.75 Å². The quantitative estimate of drug-likeness (QED) is 0.148. The van der Waals surface area contributed by atoms with E-state index < -0.39 is 6.36 Å². The highest BCUT2D eigenvalue weighted by molar-refractivity contribution is 6.32. The van der Waals surface area contributed by atoms with Crippen LogP contribution in [0.1, 0.15) is 22.3 Å². The maximum atomic E-state index is 12.9. The average Bonchev–Trinajstić information content (AvgIpc) is 3.04. The fraction of sp³-hybridized carbons (Fsp3) is 0.257. The maximum absolute atomic E-state index is 12.9. The minimum absolute atomic E-state index is 0.118. The smallest absolute Gasteiger partial charge is 0.492 e. The first-order chi connectivity index (χ1) is 22.5. The molecule has 7 nitrogen and oxygen atoms in total. The Morgan fingerprint density at radius 2 is 1.60 bits per heavy atom. The highest BCUT2D eigenvalue weighted by Gasteiger charge is 2.31. The van der Waals surface area contributed by atoms with Gasteiger partial charge in [0.05, 0.1) is 17.8 Å². The Balaban J connectivity index is 1.08. The predicted molar refractivity (Wildman–Crippen MR) is 175 cm³/mol. The van der Waals surface area contributed by atoms with Gasteiger partial charge in [-0.3, -0.25) is 9.69 Å². The molecule has 2 heterocycles. The number of piperazine rings is 1. The number of hydrogen-bond donors (Lipinski definition) is 0. The average molecular weight is 687 g/mol. The van der Waals surface area contributed by atoms with E-state index in [0.717, 1.165) is 28.7 Å². The van der Waals surface area contributed by atoms with E-state index in [4.69, 9.17) is 32.7 Å². The van der Waals surface area contributed by atoms with Crippen LogP contribution in [-0.2, 0) is 17.8 Å². The molecule has 0 radical (unpaired) electrons. The first kappa shape index (κ1) is 34.1. The lowest BCUT2D eigenvalue weighted by Gasteiger charge is -2.34. The molecule has 0 atom stereocenters. The number of hydrogen-bond acceptors (Lipinski definition) is 6. The van der Waals surface area contributed by atoms with Crippen molar-refractivity contribution >= 4 is 35.2 Å². The van der Waals surface area contributed by atoms with Gasteiger partial charge in [0.1, 0.15) is 11.5 Å². The standard InChI is InChI=1S/C35H32Cl2F3N3O4/c1-24-20-27(6-13-33(44)43-17-15-42(16-18-43)23-26-4-9-29(10-5-26)47-35(38,39)40)21-31(37)34(24)46-32-12-11-30(22-41-32)45-19-14-25-2-7-28(36)8-3-25/h2-13,20-22H,14-19,23H2,1H3/b13-6+. The molecule has 0 N–H and O–H groups in total. The van der Waals surface area contributed by atoms with E-state index in [-0.39, 0.29) is 11.7 Å². The number of ether oxygens (including phenoxy) is 3. The summed E-state index contributed by atoms with van der Waals surface area (Å²) in [4.78, 5) is 21.1. The number of halogens is 5. The molecular formula is C35H32Cl2F3N3O4. The third-order valence-electron chi connectivity index (χ3n) is 7.41. The Kier molecular flexibility index (Phi) is 11.3. The lowest BCUT2D eigenvalue weighted by atomic mass is 10.1. The molecule has 1 aliphatic heterocycles. The van der Waals surface area contributed by atoms with Crippen LogP contribution in [0.5, 0.6) is 23.1 Å². The number of rotatable bonds is 11. The molecule has 1 fully saturated rings. The van der Waals surface area contributed by atoms with Gasteiger partial charge in [0.2, 0.25) is 11.8 Å². The van der Waals surface area contributed by atoms with E-state index in [2.05, 4.69) is 14.6 Å². The highest BCUT2D eigenvalue weighted by Crippen LogP contribution is 2.34. The fourth-order valence-corrected chi connectivity index (χ4v) is 5.43. The Bertz CT molecular complexity index is 1650. The Hall–Kier alpha value is -4.25. The normalized spacial score (nSPS) is 14.0. The maximum Gasteiger partial charge on any atom is 0.573 e. The summed E-state index contributed by atoms with van der Waals surface area (Å²) in [6.45, 7) is 5.27. The molecule has 0 saturated carbocycles. The summed E-state index contributed by atoms with van der Waals surface area (Å²) in [7, 11) is 0. The fourth-order valence-electron chi connectivity index (χ4n) is 4.99. The molecule has 3 aromatic carbocycles. The Morgan fingerprint density at radius 1 is 0.915 bits per heavy atom. The summed E-state index contributed by atoms with van der Waals surface area (Å²) in [6, 6.07) is 20.6. The summed E-state index contributed by atoms with van der Waals surface area (Å²) in [5, 5.41) is 1.08. The number of alkyl halides is 3. The molecule has 246 valence electrons. The van der Waals surface area contributed by atoms with Gasteiger partial charge >= 0.3 is 6.36 Å². The van der Waals surface area contributed by atoms with Gasteiger partial charge in [-0.05, 0) is 77.7 Å². The molecule has 5 rings (SSSR count). The van der Waals surface area contributed by atoms with Crippen molar-refractivity contribution in [2.24, 2.45) is 0 Å². The number of amides is 1. The number of nitrogens with zero attached hydrogens (tertiary/aromatic N) is 3. The minimum Gasteiger partial charge on any atom is -0.492 e. The van der Waals surface area contributed by atoms with Gasteiger partial charge in [-0.15, -0.1) is 13.2 Å². The molecule has 0 spiro atoms. The van der Waals surface area contributed by atoms with Crippen molar-refractivity contribution in [2.75, 3.05) is 32.8 Å². The van der Waals surface area contributed by atoms with Crippen LogP contribution >= 0.6 is 23.2 Å². The lowest BCUT2D eigenvalue weighted by molar-refractivity contribution is -0.274. The number of aromatic nitrogens is 1. The zero-order chi connectivity index (χ0) is 33.4. The van der Waals surface area contributed by atoms with Crippen molar-refractivity contribution in [1.82, 2.24) is 14.8 Å². The molecule has 12 heteroatoms. The van der Waals surface area contributed by atoms with E-state index in [9.17, 15) is 18.0 Å². The van der Waals surface area contributed by atoms with E-state index in [1.165, 1.54) is 18.2 Å². The summed E-state index contributed by atoms with van der Waals surface area (Å²) >= 11 is 12.5. The van der Waals surface area contributed by atoms with Crippen molar-refractivity contribution in [3.8, 4) is 23.1 Å². The summed E-state index contributed by atoms with van der Waals surface area (Å²) in [5.74, 6) is 1.08. The van der Waals surface area contributed by atoms with Crippen LogP contribution in [0.3, 0.4) is 0 Å². The van der Waals surface area contributed by atoms with Gasteiger partial charge < -0.3 is 19.1 Å². The van der Waals surface area contributed by atoms with Gasteiger partial charge in [-0.25, -0.2) is 4.98 Å². The lowest BCUT2D eigenvalue weighted by Crippen LogP contribution is -2.47. The van der Waals surface area contributed by atoms with E-state index >= 15 is 0 Å². The van der Waals surface area contributed by atoms with Crippen LogP contribution in [0, 0.1) is 6.92 Å². The topological polar surface area (TPSA) is 64.1 Å². The third kappa shape index (κ3) is 10.4. The Morgan fingerprint density at radius 3 is 2.23 bits per heavy atom. The molecule has 0 unspecified atom stereocenters. The molecule has 1 aliphatic rings. The van der Waals surface area contributed by atoms with Crippen LogP contribution in [0.2, 0.25) is 10.0 Å². The molecule has 4 aromatic rings. The Labute approximate surface area is 281 Å². The summed E-state index contributed by atoms with van der Waals surface area (Å²) < 4.78 is 52.8. The van der Waals surface area contributed by atoms with Crippen LogP contribution in [0.4, 0.5) is 13.2 Å². The highest BCUT2D eigenvalue weighted by atomic mass is 35.5. The molecule has 47 heavy (non-hydrogen) atoms. The van der Waals surface area contributed by atoms with Gasteiger partial charge in [-0.2, -0.15) is 0 Å². The third-order valence-corrected chi connectivity index (χ3v) is 7.94. The van der Waals surface area contributed by atoms with Gasteiger partial charge in [-0.1, -0.05) is 47.5 Å². The van der Waals surface area contributed by atoms with Crippen LogP contribution in [0.15, 0.2) is 85.1 Å². The minimum atomic E-state index is -4.72. The second-order valence-corrected chi connectivity index (χ2v) is 11.8. The number of carbonyl (C=O) groups excluding carboxylic acids is 1. The second-order valence-electron chi connectivity index (χ2n) is 10.9. The monoisotopic (exact) mass is 685 g/mol. The van der Waals surface area contributed by atoms with Crippen molar-refractivity contribution in [2.45, 2.75) is 26.3 Å². The van der Waals surface area contributed by atoms with Gasteiger partial charge in [0, 0.05) is 56.3 Å². The first-order valence-corrected chi connectivity index (χ1v) is 15.6. The molecule has 1 amide bonds. The van der Waals surface area contributed by atoms with Crippen LogP contribution in [-0.4, -0.2) is 59.8 Å². The molecule has 1 aromatic heterocycles. The number of pyridine rings is 1. The molecule has 0 aliphatic carbocycles. The number of benzene rings is 3. The van der Waals surface area contributed by atoms with E-state index in [0.29, 0.717) is 66.8 Å². The van der Waals surface area contributed by atoms with Crippen molar-refractivity contribution in [1.29, 1.82) is 0 Å².